The lowest BCUT2D eigenvalue weighted by molar-refractivity contribution is -0.127. The number of thioether (sulfide) groups is 1. The minimum Gasteiger partial charge on any atom is -0.497 e. The van der Waals surface area contributed by atoms with Crippen LogP contribution in [0.5, 0.6) is 5.75 Å². The van der Waals surface area contributed by atoms with Gasteiger partial charge in [0, 0.05) is 24.1 Å². The Hall–Kier alpha value is -3.00. The van der Waals surface area contributed by atoms with Crippen LogP contribution in [0.4, 0.5) is 10.5 Å². The first-order chi connectivity index (χ1) is 15.0. The van der Waals surface area contributed by atoms with Crippen molar-refractivity contribution >= 4 is 40.6 Å². The van der Waals surface area contributed by atoms with Crippen LogP contribution >= 0.6 is 11.8 Å². The predicted octanol–water partition coefficient (Wildman–Crippen LogP) is 4.68. The minimum atomic E-state index is -0.440. The average molecular weight is 440 g/mol. The lowest BCUT2D eigenvalue weighted by Crippen LogP contribution is -2.36. The second kappa shape index (κ2) is 9.43. The molecule has 0 radical (unpaired) electrons. The van der Waals surface area contributed by atoms with Gasteiger partial charge in [-0.1, -0.05) is 19.3 Å². The molecule has 7 nitrogen and oxygen atoms in total. The van der Waals surface area contributed by atoms with Crippen LogP contribution in [-0.4, -0.2) is 40.2 Å². The number of carbonyl (C=O) groups is 3. The van der Waals surface area contributed by atoms with Crippen LogP contribution in [0.2, 0.25) is 0 Å². The summed E-state index contributed by atoms with van der Waals surface area (Å²) in [5.41, 5.74) is 1.45. The molecule has 0 spiro atoms. The first kappa shape index (κ1) is 21.2. The number of carbonyl (C=O) groups excluding carboxylic acids is 3. The second-order valence-electron chi connectivity index (χ2n) is 7.73. The highest BCUT2D eigenvalue weighted by Crippen LogP contribution is 2.33. The molecule has 8 heteroatoms. The first-order valence-electron chi connectivity index (χ1n) is 10.4. The maximum absolute atomic E-state index is 12.7. The molecule has 1 aliphatic carbocycles. The van der Waals surface area contributed by atoms with Gasteiger partial charge in [0.05, 0.1) is 12.0 Å². The maximum atomic E-state index is 12.7. The van der Waals surface area contributed by atoms with Gasteiger partial charge in [-0.3, -0.25) is 19.3 Å². The number of nitrogens with one attached hydrogen (secondary N) is 1. The van der Waals surface area contributed by atoms with E-state index in [1.54, 1.807) is 37.5 Å². The van der Waals surface area contributed by atoms with Gasteiger partial charge < -0.3 is 14.6 Å². The van der Waals surface area contributed by atoms with E-state index in [0.29, 0.717) is 22.4 Å². The molecular formula is C23H25N3O4S. The Morgan fingerprint density at radius 1 is 1.16 bits per heavy atom. The third kappa shape index (κ3) is 5.02. The van der Waals surface area contributed by atoms with Crippen LogP contribution in [0.1, 0.15) is 43.7 Å². The highest BCUT2D eigenvalue weighted by Gasteiger charge is 2.36. The molecule has 2 aliphatic rings. The maximum Gasteiger partial charge on any atom is 0.294 e. The highest BCUT2D eigenvalue weighted by atomic mass is 32.2. The van der Waals surface area contributed by atoms with E-state index < -0.39 is 17.1 Å². The topological polar surface area (TPSA) is 80.6 Å². The molecule has 0 atom stereocenters. The summed E-state index contributed by atoms with van der Waals surface area (Å²) in [4.78, 5) is 38.7. The number of methoxy groups -OCH3 is 1. The Balaban J connectivity index is 1.38. The average Bonchev–Trinajstić information content (AvgIpc) is 3.35. The minimum absolute atomic E-state index is 0.322. The molecule has 0 unspecified atom stereocenters. The van der Waals surface area contributed by atoms with Crippen molar-refractivity contribution < 1.29 is 19.1 Å². The fourth-order valence-corrected chi connectivity index (χ4v) is 4.77. The molecule has 1 aliphatic heterocycles. The Morgan fingerprint density at radius 3 is 2.61 bits per heavy atom. The standard InChI is InChI=1S/C23H25N3O4S/c1-30-19-9-7-17(8-10-19)24-21(27)15-26-22(28)20(31-23(26)29)13-16-11-12-25(14-16)18-5-3-2-4-6-18/h7-14,18H,2-6,15H2,1H3,(H,24,27)/b20-13+. The highest BCUT2D eigenvalue weighted by molar-refractivity contribution is 8.18. The number of benzene rings is 1. The van der Waals surface area contributed by atoms with Gasteiger partial charge in [-0.25, -0.2) is 0 Å². The summed E-state index contributed by atoms with van der Waals surface area (Å²) >= 11 is 0.867. The number of amides is 3. The van der Waals surface area contributed by atoms with Gasteiger partial charge in [-0.15, -0.1) is 0 Å². The molecule has 1 aromatic heterocycles. The van der Waals surface area contributed by atoms with Crippen LogP contribution in [-0.2, 0) is 9.59 Å². The first-order valence-corrected chi connectivity index (χ1v) is 11.2. The van der Waals surface area contributed by atoms with Gasteiger partial charge in [-0.05, 0) is 66.6 Å². The number of nitrogens with zero attached hydrogens (tertiary/aromatic N) is 2. The lowest BCUT2D eigenvalue weighted by Gasteiger charge is -2.23. The van der Waals surface area contributed by atoms with Crippen LogP contribution in [0, 0.1) is 0 Å². The van der Waals surface area contributed by atoms with Crippen molar-refractivity contribution in [2.75, 3.05) is 19.0 Å². The fourth-order valence-electron chi connectivity index (χ4n) is 3.93. The summed E-state index contributed by atoms with van der Waals surface area (Å²) < 4.78 is 7.29. The van der Waals surface area contributed by atoms with Crippen LogP contribution in [0.3, 0.4) is 0 Å². The molecule has 1 aromatic carbocycles. The molecule has 2 aromatic rings. The number of imide groups is 1. The number of anilines is 1. The van der Waals surface area contributed by atoms with Gasteiger partial charge in [0.2, 0.25) is 5.91 Å². The lowest BCUT2D eigenvalue weighted by atomic mass is 9.95. The van der Waals surface area contributed by atoms with Crippen LogP contribution in [0.25, 0.3) is 6.08 Å². The molecule has 31 heavy (non-hydrogen) atoms. The van der Waals surface area contributed by atoms with Crippen molar-refractivity contribution in [3.63, 3.8) is 0 Å². The van der Waals surface area contributed by atoms with E-state index >= 15 is 0 Å². The van der Waals surface area contributed by atoms with E-state index in [1.165, 1.54) is 32.1 Å². The number of rotatable bonds is 6. The quantitative estimate of drug-likeness (QED) is 0.661. The number of aromatic nitrogens is 1. The second-order valence-corrected chi connectivity index (χ2v) is 8.72. The van der Waals surface area contributed by atoms with Crippen molar-refractivity contribution in [1.82, 2.24) is 9.47 Å². The van der Waals surface area contributed by atoms with Crippen molar-refractivity contribution in [2.45, 2.75) is 38.1 Å². The van der Waals surface area contributed by atoms with E-state index in [1.807, 2.05) is 18.5 Å². The predicted molar refractivity (Wildman–Crippen MR) is 121 cm³/mol. The summed E-state index contributed by atoms with van der Waals surface area (Å²) in [5.74, 6) is -0.200. The SMILES string of the molecule is COc1ccc(NC(=O)CN2C(=O)S/C(=C/c3ccn(C4CCCCC4)c3)C2=O)cc1. The van der Waals surface area contributed by atoms with Crippen molar-refractivity contribution in [2.24, 2.45) is 0 Å². The third-order valence-corrected chi connectivity index (χ3v) is 6.49. The zero-order valence-corrected chi connectivity index (χ0v) is 18.2. The largest absolute Gasteiger partial charge is 0.497 e. The van der Waals surface area contributed by atoms with Gasteiger partial charge >= 0.3 is 0 Å². The third-order valence-electron chi connectivity index (χ3n) is 5.58. The molecule has 4 rings (SSSR count). The zero-order chi connectivity index (χ0) is 21.8. The summed E-state index contributed by atoms with van der Waals surface area (Å²) in [7, 11) is 1.56. The van der Waals surface area contributed by atoms with Crippen LogP contribution < -0.4 is 10.1 Å². The number of hydrogen-bond acceptors (Lipinski definition) is 5. The zero-order valence-electron chi connectivity index (χ0n) is 17.4. The van der Waals surface area contributed by atoms with Gasteiger partial charge in [-0.2, -0.15) is 0 Å². The molecule has 3 amide bonds. The summed E-state index contributed by atoms with van der Waals surface area (Å²) in [6.07, 6.45) is 11.9. The van der Waals surface area contributed by atoms with Gasteiger partial charge in [0.15, 0.2) is 0 Å². The van der Waals surface area contributed by atoms with Gasteiger partial charge in [0.25, 0.3) is 11.1 Å². The van der Waals surface area contributed by atoms with Crippen molar-refractivity contribution in [3.8, 4) is 5.75 Å². The van der Waals surface area contributed by atoms with Crippen molar-refractivity contribution in [1.29, 1.82) is 0 Å². The Kier molecular flexibility index (Phi) is 6.46. The molecule has 1 saturated carbocycles. The summed E-state index contributed by atoms with van der Waals surface area (Å²) in [6, 6.07) is 9.30. The van der Waals surface area contributed by atoms with E-state index in [4.69, 9.17) is 4.74 Å². The van der Waals surface area contributed by atoms with E-state index in [-0.39, 0.29) is 6.54 Å². The normalized spacial score (nSPS) is 18.6. The Morgan fingerprint density at radius 2 is 1.90 bits per heavy atom. The summed E-state index contributed by atoms with van der Waals surface area (Å²) in [6.45, 7) is -0.322. The molecule has 1 saturated heterocycles. The van der Waals surface area contributed by atoms with Crippen LogP contribution in [0.15, 0.2) is 47.6 Å². The molecule has 0 bridgehead atoms. The summed E-state index contributed by atoms with van der Waals surface area (Å²) in [5, 5.41) is 2.26. The van der Waals surface area contributed by atoms with Crippen molar-refractivity contribution in [3.05, 3.63) is 53.2 Å². The number of hydrogen-bond donors (Lipinski definition) is 1. The molecule has 2 heterocycles. The smallest absolute Gasteiger partial charge is 0.294 e. The monoisotopic (exact) mass is 439 g/mol. The van der Waals surface area contributed by atoms with E-state index in [9.17, 15) is 14.4 Å². The number of ether oxygens (including phenoxy) is 1. The van der Waals surface area contributed by atoms with E-state index in [0.717, 1.165) is 22.2 Å². The Bertz CT molecular complexity index is 1010. The van der Waals surface area contributed by atoms with E-state index in [2.05, 4.69) is 9.88 Å². The molecular weight excluding hydrogens is 414 g/mol. The molecule has 162 valence electrons. The Labute approximate surface area is 185 Å². The van der Waals surface area contributed by atoms with Gasteiger partial charge in [0.1, 0.15) is 12.3 Å². The molecule has 1 N–H and O–H groups in total. The molecule has 2 fully saturated rings. The fraction of sp³-hybridized carbons (Fsp3) is 0.348.